The minimum absolute atomic E-state index is 0.305. The normalized spacial score (nSPS) is 31.4. The Balaban J connectivity index is 1.61. The highest BCUT2D eigenvalue weighted by Gasteiger charge is 2.43. The third-order valence-corrected chi connectivity index (χ3v) is 4.73. The first-order valence-corrected chi connectivity index (χ1v) is 7.35. The predicted octanol–water partition coefficient (Wildman–Crippen LogP) is 2.64. The molecule has 0 saturated heterocycles. The monoisotopic (exact) mass is 263 g/mol. The molecular weight excluding hydrogens is 246 g/mol. The zero-order chi connectivity index (χ0) is 12.6. The lowest BCUT2D eigenvalue weighted by Crippen LogP contribution is -2.43. The van der Waals surface area contributed by atoms with Gasteiger partial charge >= 0.3 is 0 Å². The van der Waals surface area contributed by atoms with Gasteiger partial charge in [0.25, 0.3) is 5.22 Å². The molecule has 0 aromatic carbocycles. The summed E-state index contributed by atoms with van der Waals surface area (Å²) in [6.07, 6.45) is 7.01. The van der Waals surface area contributed by atoms with Gasteiger partial charge in [0, 0.05) is 11.3 Å². The van der Waals surface area contributed by atoms with Crippen LogP contribution in [0.4, 0.5) is 0 Å². The molecule has 2 atom stereocenters. The number of rotatable bonds is 4. The number of hydrogen-bond donors (Lipinski definition) is 1. The fourth-order valence-electron chi connectivity index (χ4n) is 2.51. The average molecular weight is 263 g/mol. The molecule has 0 radical (unpaired) electrons. The van der Waals surface area contributed by atoms with Crippen LogP contribution in [0.3, 0.4) is 0 Å². The summed E-state index contributed by atoms with van der Waals surface area (Å²) >= 11 is 1.67. The summed E-state index contributed by atoms with van der Waals surface area (Å²) in [4.78, 5) is 4.31. The molecule has 4 nitrogen and oxygen atoms in total. The number of nitrogens with zero attached hydrogens (tertiary/aromatic N) is 2. The topological polar surface area (TPSA) is 61.9 Å². The van der Waals surface area contributed by atoms with E-state index >= 15 is 0 Å². The van der Waals surface area contributed by atoms with Gasteiger partial charge in [0.05, 0.1) is 11.8 Å². The van der Waals surface area contributed by atoms with Crippen LogP contribution in [-0.2, 0) is 0 Å². The van der Waals surface area contributed by atoms with Crippen molar-refractivity contribution in [2.45, 2.75) is 61.1 Å². The van der Waals surface area contributed by atoms with Gasteiger partial charge in [-0.05, 0) is 39.0 Å². The van der Waals surface area contributed by atoms with Crippen molar-refractivity contribution in [3.05, 3.63) is 12.0 Å². The molecule has 2 saturated carbocycles. The second-order valence-electron chi connectivity index (χ2n) is 5.35. The summed E-state index contributed by atoms with van der Waals surface area (Å²) < 4.78 is 5.37. The van der Waals surface area contributed by atoms with Gasteiger partial charge in [0.15, 0.2) is 0 Å². The minimum Gasteiger partial charge on any atom is -0.440 e. The lowest BCUT2D eigenvalue weighted by molar-refractivity contribution is 0.419. The third kappa shape index (κ3) is 2.55. The zero-order valence-electron chi connectivity index (χ0n) is 10.5. The Morgan fingerprint density at radius 1 is 1.56 bits per heavy atom. The highest BCUT2D eigenvalue weighted by atomic mass is 32.2. The lowest BCUT2D eigenvalue weighted by atomic mass is 10.00. The smallest absolute Gasteiger partial charge is 0.256 e. The highest BCUT2D eigenvalue weighted by Crippen LogP contribution is 2.41. The fourth-order valence-corrected chi connectivity index (χ4v) is 3.70. The van der Waals surface area contributed by atoms with Crippen molar-refractivity contribution in [3.63, 3.8) is 0 Å². The van der Waals surface area contributed by atoms with E-state index in [1.807, 2.05) is 6.92 Å². The molecule has 2 unspecified atom stereocenters. The first-order valence-electron chi connectivity index (χ1n) is 6.47. The Morgan fingerprint density at radius 2 is 2.39 bits per heavy atom. The Bertz CT molecular complexity index is 477. The maximum Gasteiger partial charge on any atom is 0.256 e. The summed E-state index contributed by atoms with van der Waals surface area (Å²) in [6, 6.07) is 3.08. The average Bonchev–Trinajstić information content (AvgIpc) is 2.93. The van der Waals surface area contributed by atoms with Crippen LogP contribution in [0.1, 0.15) is 37.8 Å². The van der Waals surface area contributed by atoms with Crippen molar-refractivity contribution in [1.82, 2.24) is 10.3 Å². The lowest BCUT2D eigenvalue weighted by Gasteiger charge is -2.22. The van der Waals surface area contributed by atoms with Gasteiger partial charge in [0.1, 0.15) is 11.8 Å². The quantitative estimate of drug-likeness (QED) is 0.904. The Kier molecular flexibility index (Phi) is 3.08. The van der Waals surface area contributed by atoms with Crippen LogP contribution in [0.25, 0.3) is 0 Å². The second-order valence-corrected chi connectivity index (χ2v) is 6.60. The maximum atomic E-state index is 9.42. The van der Waals surface area contributed by atoms with E-state index in [2.05, 4.69) is 16.4 Å². The van der Waals surface area contributed by atoms with Crippen molar-refractivity contribution < 1.29 is 4.42 Å². The molecule has 1 heterocycles. The van der Waals surface area contributed by atoms with E-state index in [9.17, 15) is 5.26 Å². The number of aromatic nitrogens is 1. The van der Waals surface area contributed by atoms with E-state index in [1.165, 1.54) is 12.8 Å². The first kappa shape index (κ1) is 12.1. The van der Waals surface area contributed by atoms with Gasteiger partial charge in [-0.3, -0.25) is 5.32 Å². The summed E-state index contributed by atoms with van der Waals surface area (Å²) in [5, 5.41) is 14.1. The highest BCUT2D eigenvalue weighted by molar-refractivity contribution is 7.99. The number of oxazole rings is 1. The van der Waals surface area contributed by atoms with Gasteiger partial charge in [-0.15, -0.1) is 0 Å². The van der Waals surface area contributed by atoms with Crippen LogP contribution < -0.4 is 5.32 Å². The van der Waals surface area contributed by atoms with Crippen molar-refractivity contribution in [1.29, 1.82) is 5.26 Å². The SMILES string of the molecule is Cc1coc(SC2CCC(C#N)(NC3CC3)C2)n1. The second kappa shape index (κ2) is 4.60. The Morgan fingerprint density at radius 3 is 3.00 bits per heavy atom. The van der Waals surface area contributed by atoms with Gasteiger partial charge in [-0.25, -0.2) is 4.98 Å². The third-order valence-electron chi connectivity index (χ3n) is 3.61. The van der Waals surface area contributed by atoms with Gasteiger partial charge in [-0.2, -0.15) is 5.26 Å². The largest absolute Gasteiger partial charge is 0.440 e. The van der Waals surface area contributed by atoms with Gasteiger partial charge < -0.3 is 4.42 Å². The predicted molar refractivity (Wildman–Crippen MR) is 69.2 cm³/mol. The number of nitriles is 1. The van der Waals surface area contributed by atoms with E-state index in [0.717, 1.165) is 30.2 Å². The molecule has 5 heteroatoms. The van der Waals surface area contributed by atoms with Crippen LogP contribution in [0.15, 0.2) is 15.9 Å². The Labute approximate surface area is 111 Å². The van der Waals surface area contributed by atoms with E-state index in [0.29, 0.717) is 11.3 Å². The molecule has 1 aromatic rings. The molecule has 96 valence electrons. The summed E-state index contributed by atoms with van der Waals surface area (Å²) in [5.74, 6) is 0. The molecule has 0 spiro atoms. The van der Waals surface area contributed by atoms with Crippen LogP contribution in [0.2, 0.25) is 0 Å². The van der Waals surface area contributed by atoms with Crippen LogP contribution >= 0.6 is 11.8 Å². The number of nitrogens with one attached hydrogen (secondary N) is 1. The number of aryl methyl sites for hydroxylation is 1. The molecule has 2 aliphatic rings. The molecule has 2 fully saturated rings. The van der Waals surface area contributed by atoms with Crippen molar-refractivity contribution >= 4 is 11.8 Å². The molecule has 1 N–H and O–H groups in total. The van der Waals surface area contributed by atoms with Crippen LogP contribution in [-0.4, -0.2) is 21.8 Å². The van der Waals surface area contributed by atoms with Crippen molar-refractivity contribution in [2.24, 2.45) is 0 Å². The Hall–Kier alpha value is -0.990. The van der Waals surface area contributed by atoms with Gasteiger partial charge in [0.2, 0.25) is 0 Å². The molecular formula is C13H17N3OS. The molecule has 0 aliphatic heterocycles. The molecule has 0 bridgehead atoms. The minimum atomic E-state index is -0.305. The molecule has 1 aromatic heterocycles. The molecule has 0 amide bonds. The van der Waals surface area contributed by atoms with Crippen molar-refractivity contribution in [3.8, 4) is 6.07 Å². The molecule has 3 rings (SSSR count). The summed E-state index contributed by atoms with van der Waals surface area (Å²) in [6.45, 7) is 1.93. The number of thioether (sulfide) groups is 1. The van der Waals surface area contributed by atoms with Gasteiger partial charge in [-0.1, -0.05) is 11.8 Å². The molecule has 2 aliphatic carbocycles. The van der Waals surface area contributed by atoms with E-state index in [1.54, 1.807) is 18.0 Å². The van der Waals surface area contributed by atoms with E-state index in [-0.39, 0.29) is 5.54 Å². The first-order chi connectivity index (χ1) is 8.69. The fraction of sp³-hybridized carbons (Fsp3) is 0.692. The zero-order valence-corrected chi connectivity index (χ0v) is 11.3. The standard InChI is InChI=1S/C13H17N3OS/c1-9-7-17-12(15-9)18-11-4-5-13(6-11,8-14)16-10-2-3-10/h7,10-11,16H,2-6H2,1H3. The molecule has 18 heavy (non-hydrogen) atoms. The van der Waals surface area contributed by atoms with E-state index in [4.69, 9.17) is 4.42 Å². The summed E-state index contributed by atoms with van der Waals surface area (Å²) in [7, 11) is 0. The van der Waals surface area contributed by atoms with Crippen LogP contribution in [0, 0.1) is 18.3 Å². The van der Waals surface area contributed by atoms with Crippen LogP contribution in [0.5, 0.6) is 0 Å². The maximum absolute atomic E-state index is 9.42. The van der Waals surface area contributed by atoms with E-state index < -0.39 is 0 Å². The van der Waals surface area contributed by atoms with Crippen molar-refractivity contribution in [2.75, 3.05) is 0 Å². The summed E-state index contributed by atoms with van der Waals surface area (Å²) in [5.41, 5.74) is 0.610. The number of hydrogen-bond acceptors (Lipinski definition) is 5.